The maximum atomic E-state index is 14.4. The summed E-state index contributed by atoms with van der Waals surface area (Å²) < 4.78 is 42.8. The zero-order valence-corrected chi connectivity index (χ0v) is 18.6. The zero-order chi connectivity index (χ0) is 23.7. The van der Waals surface area contributed by atoms with Gasteiger partial charge in [0.15, 0.2) is 5.78 Å². The molecular formula is C26H26F3N3O. The molecule has 0 radical (unpaired) electrons. The van der Waals surface area contributed by atoms with E-state index in [-0.39, 0.29) is 29.9 Å². The van der Waals surface area contributed by atoms with Crippen molar-refractivity contribution in [3.05, 3.63) is 83.1 Å². The van der Waals surface area contributed by atoms with Crippen LogP contribution in [-0.2, 0) is 6.42 Å². The van der Waals surface area contributed by atoms with Crippen LogP contribution in [0.5, 0.6) is 0 Å². The van der Waals surface area contributed by atoms with Crippen molar-refractivity contribution in [3.63, 3.8) is 0 Å². The van der Waals surface area contributed by atoms with Crippen LogP contribution in [0, 0.1) is 29.3 Å². The molecule has 2 unspecified atom stereocenters. The van der Waals surface area contributed by atoms with Gasteiger partial charge in [-0.3, -0.25) is 9.78 Å². The first-order valence-electron chi connectivity index (χ1n) is 11.1. The lowest BCUT2D eigenvalue weighted by atomic mass is 9.70. The Balaban J connectivity index is 1.63. The van der Waals surface area contributed by atoms with E-state index in [0.29, 0.717) is 11.8 Å². The molecule has 1 aliphatic carbocycles. The van der Waals surface area contributed by atoms with Crippen LogP contribution >= 0.6 is 0 Å². The van der Waals surface area contributed by atoms with Gasteiger partial charge in [0.2, 0.25) is 0 Å². The monoisotopic (exact) mass is 453 g/mol. The molecule has 4 nitrogen and oxygen atoms in total. The summed E-state index contributed by atoms with van der Waals surface area (Å²) in [4.78, 5) is 21.3. The first-order valence-corrected chi connectivity index (χ1v) is 11.1. The lowest BCUT2D eigenvalue weighted by Crippen LogP contribution is -2.40. The second kappa shape index (κ2) is 9.43. The number of hydrogen-bond acceptors (Lipinski definition) is 4. The van der Waals surface area contributed by atoms with Crippen LogP contribution in [0.15, 0.2) is 48.8 Å². The molecule has 4 rings (SSSR count). The maximum absolute atomic E-state index is 14.4. The topological polar surface area (TPSA) is 68.9 Å². The Kier molecular flexibility index (Phi) is 6.61. The van der Waals surface area contributed by atoms with Crippen LogP contribution in [0.4, 0.5) is 13.2 Å². The van der Waals surface area contributed by atoms with Crippen molar-refractivity contribution in [1.82, 2.24) is 9.97 Å². The molecule has 1 saturated carbocycles. The van der Waals surface area contributed by atoms with E-state index in [9.17, 15) is 18.0 Å². The fraction of sp³-hybridized carbons (Fsp3) is 0.346. The van der Waals surface area contributed by atoms with E-state index in [2.05, 4.69) is 23.8 Å². The van der Waals surface area contributed by atoms with E-state index in [1.807, 2.05) is 6.07 Å². The molecule has 1 aromatic carbocycles. The second-order valence-electron chi connectivity index (χ2n) is 9.00. The van der Waals surface area contributed by atoms with Crippen molar-refractivity contribution in [2.45, 2.75) is 45.1 Å². The molecule has 7 heteroatoms. The van der Waals surface area contributed by atoms with Crippen LogP contribution in [0.25, 0.3) is 11.3 Å². The summed E-state index contributed by atoms with van der Waals surface area (Å²) in [7, 11) is 0. The van der Waals surface area contributed by atoms with Gasteiger partial charge in [-0.2, -0.15) is 0 Å². The standard InChI is InChI=1S/C26H26F3N3O/c1-14-10-16(11-15(2)25(14)30)18-8-9-31-13-17(18)12-23(33)22-7-6-21(29)26(32-22)24-19(27)4-3-5-20(24)28/h3-9,13-16,25H,10-12,30H2,1-2H3/t14-,15+,16?,25?. The summed E-state index contributed by atoms with van der Waals surface area (Å²) in [5, 5.41) is 0. The first kappa shape index (κ1) is 23.1. The van der Waals surface area contributed by atoms with Crippen molar-refractivity contribution < 1.29 is 18.0 Å². The van der Waals surface area contributed by atoms with Gasteiger partial charge < -0.3 is 5.73 Å². The summed E-state index contributed by atoms with van der Waals surface area (Å²) >= 11 is 0. The van der Waals surface area contributed by atoms with E-state index in [4.69, 9.17) is 5.73 Å². The number of Topliss-reactive ketones (excluding diaryl/α,β-unsaturated/α-hetero) is 1. The molecule has 4 atom stereocenters. The number of halogens is 3. The number of carbonyl (C=O) groups excluding carboxylic acids is 1. The van der Waals surface area contributed by atoms with Gasteiger partial charge in [0.05, 0.1) is 5.56 Å². The van der Waals surface area contributed by atoms with Crippen LogP contribution in [-0.4, -0.2) is 21.8 Å². The van der Waals surface area contributed by atoms with E-state index in [1.54, 1.807) is 12.4 Å². The maximum Gasteiger partial charge on any atom is 0.185 e. The van der Waals surface area contributed by atoms with Gasteiger partial charge in [-0.1, -0.05) is 19.9 Å². The SMILES string of the molecule is C[C@@H]1CC(c2ccncc2CC(=O)c2ccc(F)c(-c3c(F)cccc3F)n2)C[C@H](C)C1N. The largest absolute Gasteiger partial charge is 0.327 e. The van der Waals surface area contributed by atoms with Crippen molar-refractivity contribution >= 4 is 5.78 Å². The third kappa shape index (κ3) is 4.69. The zero-order valence-electron chi connectivity index (χ0n) is 18.6. The number of nitrogens with zero attached hydrogens (tertiary/aromatic N) is 2. The third-order valence-corrected chi connectivity index (χ3v) is 6.69. The molecule has 1 aliphatic rings. The van der Waals surface area contributed by atoms with E-state index >= 15 is 0 Å². The molecule has 33 heavy (non-hydrogen) atoms. The highest BCUT2D eigenvalue weighted by Gasteiger charge is 2.32. The normalized spacial score (nSPS) is 22.8. The van der Waals surface area contributed by atoms with Crippen LogP contribution in [0.1, 0.15) is 54.2 Å². The molecule has 0 saturated heterocycles. The fourth-order valence-electron chi connectivity index (χ4n) is 4.87. The minimum absolute atomic E-state index is 0.00627. The highest BCUT2D eigenvalue weighted by atomic mass is 19.1. The molecule has 2 aromatic heterocycles. The number of carbonyl (C=O) groups is 1. The van der Waals surface area contributed by atoms with Crippen molar-refractivity contribution in [2.24, 2.45) is 17.6 Å². The minimum atomic E-state index is -0.945. The highest BCUT2D eigenvalue weighted by Crippen LogP contribution is 2.39. The molecule has 2 heterocycles. The Morgan fingerprint density at radius 1 is 1.00 bits per heavy atom. The Labute approximate surface area is 191 Å². The summed E-state index contributed by atoms with van der Waals surface area (Å²) in [5.74, 6) is -2.21. The number of hydrogen-bond donors (Lipinski definition) is 1. The third-order valence-electron chi connectivity index (χ3n) is 6.69. The molecule has 0 bridgehead atoms. The van der Waals surface area contributed by atoms with Gasteiger partial charge in [0.1, 0.15) is 28.8 Å². The molecule has 1 fully saturated rings. The average Bonchev–Trinajstić information content (AvgIpc) is 2.78. The fourth-order valence-corrected chi connectivity index (χ4v) is 4.87. The number of benzene rings is 1. The summed E-state index contributed by atoms with van der Waals surface area (Å²) in [6, 6.07) is 7.56. The molecule has 0 spiro atoms. The Hall–Kier alpha value is -3.06. The van der Waals surface area contributed by atoms with E-state index in [0.717, 1.165) is 42.2 Å². The van der Waals surface area contributed by atoms with Crippen LogP contribution in [0.3, 0.4) is 0 Å². The average molecular weight is 454 g/mol. The number of aromatic nitrogens is 2. The highest BCUT2D eigenvalue weighted by molar-refractivity contribution is 5.96. The molecular weight excluding hydrogens is 427 g/mol. The molecule has 2 N–H and O–H groups in total. The van der Waals surface area contributed by atoms with Crippen molar-refractivity contribution in [3.8, 4) is 11.3 Å². The van der Waals surface area contributed by atoms with Gasteiger partial charge >= 0.3 is 0 Å². The number of rotatable bonds is 5. The second-order valence-corrected chi connectivity index (χ2v) is 9.00. The van der Waals surface area contributed by atoms with Crippen LogP contribution < -0.4 is 5.73 Å². The number of pyridine rings is 2. The number of ketones is 1. The summed E-state index contributed by atoms with van der Waals surface area (Å²) in [6.07, 6.45) is 5.22. The number of nitrogens with two attached hydrogens (primary N) is 1. The van der Waals surface area contributed by atoms with Gasteiger partial charge in [0.25, 0.3) is 0 Å². The van der Waals surface area contributed by atoms with Gasteiger partial charge in [-0.05, 0) is 72.1 Å². The predicted octanol–water partition coefficient (Wildman–Crippen LogP) is 5.46. The van der Waals surface area contributed by atoms with E-state index < -0.39 is 28.7 Å². The van der Waals surface area contributed by atoms with Crippen molar-refractivity contribution in [1.29, 1.82) is 0 Å². The first-order chi connectivity index (χ1) is 15.8. The Bertz CT molecular complexity index is 1150. The Morgan fingerprint density at radius 2 is 1.67 bits per heavy atom. The Morgan fingerprint density at radius 3 is 2.33 bits per heavy atom. The summed E-state index contributed by atoms with van der Waals surface area (Å²) in [6.45, 7) is 4.29. The van der Waals surface area contributed by atoms with Crippen molar-refractivity contribution in [2.75, 3.05) is 0 Å². The molecule has 3 aromatic rings. The van der Waals surface area contributed by atoms with Gasteiger partial charge in [0, 0.05) is 24.9 Å². The molecule has 0 aliphatic heterocycles. The quantitative estimate of drug-likeness (QED) is 0.521. The van der Waals surface area contributed by atoms with Crippen LogP contribution in [0.2, 0.25) is 0 Å². The lowest BCUT2D eigenvalue weighted by molar-refractivity contribution is 0.0987. The lowest BCUT2D eigenvalue weighted by Gasteiger charge is -2.37. The smallest absolute Gasteiger partial charge is 0.185 e. The summed E-state index contributed by atoms with van der Waals surface area (Å²) in [5.41, 5.74) is 6.94. The van der Waals surface area contributed by atoms with Gasteiger partial charge in [-0.15, -0.1) is 0 Å². The molecule has 0 amide bonds. The van der Waals surface area contributed by atoms with E-state index in [1.165, 1.54) is 12.1 Å². The minimum Gasteiger partial charge on any atom is -0.327 e. The predicted molar refractivity (Wildman–Crippen MR) is 120 cm³/mol. The molecule has 172 valence electrons. The van der Waals surface area contributed by atoms with Gasteiger partial charge in [-0.25, -0.2) is 18.2 Å².